The topological polar surface area (TPSA) is 241 Å². The van der Waals surface area contributed by atoms with Crippen molar-refractivity contribution in [2.24, 2.45) is 46.3 Å². The molecule has 0 amide bonds. The van der Waals surface area contributed by atoms with Crippen LogP contribution in [0, 0.1) is 46.3 Å². The lowest BCUT2D eigenvalue weighted by Crippen LogP contribution is -2.67. The molecular weight excluding hydrogens is 830 g/mol. The molecule has 3 saturated carbocycles. The highest BCUT2D eigenvalue weighted by atomic mass is 35.5. The Morgan fingerprint density at radius 2 is 1.32 bits per heavy atom. The fourth-order valence-electron chi connectivity index (χ4n) is 14.7. The summed E-state index contributed by atoms with van der Waals surface area (Å²) in [6.07, 6.45) is -11.1. The van der Waals surface area contributed by atoms with Crippen LogP contribution in [0.15, 0.2) is 11.6 Å². The lowest BCUT2D eigenvalue weighted by molar-refractivity contribution is -0.394. The van der Waals surface area contributed by atoms with Crippen molar-refractivity contribution in [3.05, 3.63) is 11.6 Å². The lowest BCUT2D eigenvalue weighted by atomic mass is 9.47. The summed E-state index contributed by atoms with van der Waals surface area (Å²) < 4.78 is 36.8. The Kier molecular flexibility index (Phi) is 14.0. The van der Waals surface area contributed by atoms with Crippen LogP contribution in [0.4, 0.5) is 0 Å². The van der Waals surface area contributed by atoms with Crippen molar-refractivity contribution in [3.8, 4) is 0 Å². The first-order chi connectivity index (χ1) is 29.0. The number of allylic oxidation sites excluding steroid dienone is 1. The summed E-state index contributed by atoms with van der Waals surface area (Å²) in [6.45, 7) is 11.4. The Balaban J connectivity index is 0.00000529. The minimum atomic E-state index is -1.83. The van der Waals surface area contributed by atoms with Crippen molar-refractivity contribution in [2.45, 2.75) is 203 Å². The maximum absolute atomic E-state index is 11.6. The summed E-state index contributed by atoms with van der Waals surface area (Å²) >= 11 is 0. The van der Waals surface area contributed by atoms with Gasteiger partial charge < -0.3 is 74.4 Å². The average molecular weight is 905 g/mol. The predicted molar refractivity (Wildman–Crippen MR) is 222 cm³/mol. The standard InChI is InChI=1S/C45H73NO15.ClH/c1-19-6-9-27-20(2)31-28(46(27)16-19)15-26-24-8-7-22-14-23(10-12-44(22,4)25(24)11-13-45(26,31)5)57-43-40(61-41-37(54)35(52)32(49)21(3)56-41)39(34(51)30(18-48)59-43)60-42-38(55)36(53)33(50)29(17-47)58-42;/h7,19-21,23-43,47-55H,6,8-18H2,1-5H3;1H/t19-,20+,21-,23?,24+,25-,26-,27+,28-,29+,30+,31-,32-,33+,34-,35+,36-,37+,38+,39-,40+,41+,42-,43+,44-,45-;/m0./s1. The molecule has 5 aliphatic heterocycles. The molecular formula is C45H74ClNO15. The normalized spacial score (nSPS) is 56.4. The Hall–Kier alpha value is -0.610. The first-order valence-corrected chi connectivity index (χ1v) is 23.4. The van der Waals surface area contributed by atoms with Crippen LogP contribution in [0.3, 0.4) is 0 Å². The van der Waals surface area contributed by atoms with Crippen LogP contribution < -0.4 is 0 Å². The van der Waals surface area contributed by atoms with E-state index in [4.69, 9.17) is 28.4 Å². The highest BCUT2D eigenvalue weighted by Crippen LogP contribution is 2.70. The molecule has 1 unspecified atom stereocenters. The zero-order valence-electron chi connectivity index (χ0n) is 36.7. The van der Waals surface area contributed by atoms with Gasteiger partial charge in [0.25, 0.3) is 0 Å². The van der Waals surface area contributed by atoms with Crippen LogP contribution in [0.2, 0.25) is 0 Å². The van der Waals surface area contributed by atoms with Crippen molar-refractivity contribution >= 4 is 12.4 Å². The third kappa shape index (κ3) is 7.77. The minimum absolute atomic E-state index is 0. The number of nitrogens with zero attached hydrogens (tertiary/aromatic N) is 1. The van der Waals surface area contributed by atoms with E-state index in [0.717, 1.165) is 36.6 Å². The first kappa shape index (κ1) is 47.9. The van der Waals surface area contributed by atoms with Crippen molar-refractivity contribution in [1.82, 2.24) is 4.90 Å². The highest BCUT2D eigenvalue weighted by molar-refractivity contribution is 5.85. The third-order valence-corrected chi connectivity index (χ3v) is 18.0. The fourth-order valence-corrected chi connectivity index (χ4v) is 14.7. The molecule has 8 fully saturated rings. The van der Waals surface area contributed by atoms with Crippen LogP contribution in [-0.4, -0.2) is 181 Å². The molecule has 0 bridgehead atoms. The van der Waals surface area contributed by atoms with E-state index >= 15 is 0 Å². The van der Waals surface area contributed by atoms with E-state index in [1.807, 2.05) is 0 Å². The third-order valence-electron chi connectivity index (χ3n) is 18.0. The molecule has 17 heteroatoms. The molecule has 9 aliphatic rings. The smallest absolute Gasteiger partial charge is 0.187 e. The molecule has 0 aromatic heterocycles. The van der Waals surface area contributed by atoms with Gasteiger partial charge in [0.05, 0.1) is 25.4 Å². The molecule has 9 rings (SSSR count). The monoisotopic (exact) mass is 903 g/mol. The number of ether oxygens (including phenoxy) is 6. The molecule has 356 valence electrons. The molecule has 0 radical (unpaired) electrons. The summed E-state index contributed by atoms with van der Waals surface area (Å²) in [5, 5.41) is 95.8. The van der Waals surface area contributed by atoms with Crippen molar-refractivity contribution in [1.29, 1.82) is 0 Å². The Bertz CT molecular complexity index is 1600. The summed E-state index contributed by atoms with van der Waals surface area (Å²) in [5.41, 5.74) is 1.72. The molecule has 16 nitrogen and oxygen atoms in total. The fraction of sp³-hybridized carbons (Fsp3) is 0.956. The second-order valence-corrected chi connectivity index (χ2v) is 21.2. The van der Waals surface area contributed by atoms with E-state index in [1.165, 1.54) is 51.1 Å². The van der Waals surface area contributed by atoms with E-state index in [9.17, 15) is 46.0 Å². The molecule has 0 aromatic rings. The molecule has 5 heterocycles. The Morgan fingerprint density at radius 3 is 2.03 bits per heavy atom. The van der Waals surface area contributed by atoms with Crippen molar-refractivity contribution in [2.75, 3.05) is 19.8 Å². The molecule has 4 aliphatic carbocycles. The van der Waals surface area contributed by atoms with E-state index in [1.54, 1.807) is 0 Å². The van der Waals surface area contributed by atoms with Crippen LogP contribution in [0.25, 0.3) is 0 Å². The summed E-state index contributed by atoms with van der Waals surface area (Å²) in [5.74, 6) is 4.15. The van der Waals surface area contributed by atoms with Crippen LogP contribution in [-0.2, 0) is 28.4 Å². The SMILES string of the molecule is C[C@H]1CC[C@@H]2[C@@H](C)[C@H]3[C@H](C[C@H]4[C@@H]5CC=C6CC(O[C@@H]7O[C@H](CO)[C@H](O)[C@H](O[C@@H]8O[C@H](CO)[C@@H](O)[C@H](O)[C@H]8O)[C@H]7O[C@H]7O[C@@H](C)[C@H](O)[C@@H](O)[C@H]7O)CC[C@]6(C)[C@H]5CC[C@]34C)N2C1.Cl. The van der Waals surface area contributed by atoms with Gasteiger partial charge in [0, 0.05) is 18.6 Å². The van der Waals surface area contributed by atoms with Crippen molar-refractivity contribution < 1.29 is 74.4 Å². The average Bonchev–Trinajstić information content (AvgIpc) is 3.71. The van der Waals surface area contributed by atoms with Gasteiger partial charge in [0.2, 0.25) is 0 Å². The maximum Gasteiger partial charge on any atom is 0.187 e. The number of aliphatic hydroxyl groups excluding tert-OH is 9. The number of fused-ring (bicyclic) bond motifs is 9. The van der Waals surface area contributed by atoms with Gasteiger partial charge in [-0.25, -0.2) is 0 Å². The predicted octanol–water partition coefficient (Wildman–Crippen LogP) is 0.577. The summed E-state index contributed by atoms with van der Waals surface area (Å²) in [4.78, 5) is 2.94. The number of aliphatic hydroxyl groups is 9. The largest absolute Gasteiger partial charge is 0.394 e. The number of hydrogen-bond acceptors (Lipinski definition) is 16. The second kappa shape index (κ2) is 18.1. The van der Waals surface area contributed by atoms with E-state index < -0.39 is 105 Å². The molecule has 5 saturated heterocycles. The second-order valence-electron chi connectivity index (χ2n) is 21.2. The van der Waals surface area contributed by atoms with Gasteiger partial charge in [-0.05, 0) is 111 Å². The Morgan fingerprint density at radius 1 is 0.677 bits per heavy atom. The van der Waals surface area contributed by atoms with E-state index in [0.29, 0.717) is 42.1 Å². The van der Waals surface area contributed by atoms with E-state index in [-0.39, 0.29) is 23.9 Å². The molecule has 0 aromatic carbocycles. The van der Waals surface area contributed by atoms with Gasteiger partial charge in [0.15, 0.2) is 18.9 Å². The first-order valence-electron chi connectivity index (χ1n) is 23.4. The quantitative estimate of drug-likeness (QED) is 0.152. The van der Waals surface area contributed by atoms with Gasteiger partial charge >= 0.3 is 0 Å². The molecule has 9 N–H and O–H groups in total. The Labute approximate surface area is 371 Å². The van der Waals surface area contributed by atoms with Gasteiger partial charge in [-0.15, -0.1) is 12.4 Å². The number of rotatable bonds is 8. The molecule has 0 spiro atoms. The van der Waals surface area contributed by atoms with Crippen LogP contribution in [0.1, 0.15) is 92.4 Å². The zero-order chi connectivity index (χ0) is 43.4. The van der Waals surface area contributed by atoms with Crippen LogP contribution >= 0.6 is 12.4 Å². The lowest BCUT2D eigenvalue weighted by Gasteiger charge is -2.58. The number of halogens is 1. The van der Waals surface area contributed by atoms with Gasteiger partial charge in [-0.3, -0.25) is 4.90 Å². The summed E-state index contributed by atoms with van der Waals surface area (Å²) in [6, 6.07) is 1.43. The molecule has 62 heavy (non-hydrogen) atoms. The van der Waals surface area contributed by atoms with Gasteiger partial charge in [0.1, 0.15) is 67.1 Å². The summed E-state index contributed by atoms with van der Waals surface area (Å²) in [7, 11) is 0. The zero-order valence-corrected chi connectivity index (χ0v) is 37.6. The van der Waals surface area contributed by atoms with Crippen molar-refractivity contribution in [3.63, 3.8) is 0 Å². The highest BCUT2D eigenvalue weighted by Gasteiger charge is 2.66. The minimum Gasteiger partial charge on any atom is -0.394 e. The maximum atomic E-state index is 11.6. The number of piperidine rings is 1. The van der Waals surface area contributed by atoms with Gasteiger partial charge in [-0.1, -0.05) is 39.3 Å². The molecule has 26 atom stereocenters. The van der Waals surface area contributed by atoms with E-state index in [2.05, 4.69) is 38.7 Å². The van der Waals surface area contributed by atoms with Crippen LogP contribution in [0.5, 0.6) is 0 Å². The van der Waals surface area contributed by atoms with Gasteiger partial charge in [-0.2, -0.15) is 0 Å². The number of hydrogen-bond donors (Lipinski definition) is 9.